The van der Waals surface area contributed by atoms with E-state index in [4.69, 9.17) is 0 Å². The number of rotatable bonds is 2. The van der Waals surface area contributed by atoms with Crippen molar-refractivity contribution in [1.29, 1.82) is 5.26 Å². The van der Waals surface area contributed by atoms with E-state index in [0.717, 1.165) is 23.2 Å². The lowest BCUT2D eigenvalue weighted by Gasteiger charge is -2.43. The lowest BCUT2D eigenvalue weighted by Crippen LogP contribution is -2.49. The van der Waals surface area contributed by atoms with Crippen LogP contribution in [0.1, 0.15) is 34.0 Å². The van der Waals surface area contributed by atoms with Gasteiger partial charge in [-0.15, -0.1) is 0 Å². The maximum absolute atomic E-state index is 13.1. The summed E-state index contributed by atoms with van der Waals surface area (Å²) < 4.78 is 1.89. The van der Waals surface area contributed by atoms with Gasteiger partial charge in [0.2, 0.25) is 0 Å². The zero-order valence-corrected chi connectivity index (χ0v) is 16.5. The van der Waals surface area contributed by atoms with Crippen molar-refractivity contribution in [3.8, 4) is 17.2 Å². The van der Waals surface area contributed by atoms with E-state index in [9.17, 15) is 14.9 Å². The van der Waals surface area contributed by atoms with Gasteiger partial charge in [-0.2, -0.15) is 5.26 Å². The topological polar surface area (TPSA) is 66.1 Å². The molecule has 0 radical (unpaired) electrons. The number of benzene rings is 2. The molecule has 2 aromatic carbocycles. The fraction of sp³-hybridized carbons (Fsp3) is 0.240. The van der Waals surface area contributed by atoms with Gasteiger partial charge in [0.05, 0.1) is 11.6 Å². The minimum Gasteiger partial charge on any atom is -0.338 e. The van der Waals surface area contributed by atoms with E-state index in [1.807, 2.05) is 64.1 Å². The number of nitriles is 1. The summed E-state index contributed by atoms with van der Waals surface area (Å²) in [6, 6.07) is 22.5. The van der Waals surface area contributed by atoms with E-state index < -0.39 is 0 Å². The average molecular weight is 395 g/mol. The molecular formula is C25H21N3O2. The van der Waals surface area contributed by atoms with Gasteiger partial charge in [-0.3, -0.25) is 9.59 Å². The van der Waals surface area contributed by atoms with Gasteiger partial charge in [-0.1, -0.05) is 30.3 Å². The standard InChI is InChI=1S/C25H21N3O2/c26-13-17-5-4-8-20(11-17)22-9-10-23(29)28-15-18-12-21(24(22)28)16-27(14-18)25(30)19-6-2-1-3-7-19/h1-11,18,21H,12,14-16H2/t18-,21+/m0/s1. The molecule has 5 rings (SSSR count). The second-order valence-corrected chi connectivity index (χ2v) is 8.15. The van der Waals surface area contributed by atoms with Crippen LogP contribution in [-0.2, 0) is 6.54 Å². The quantitative estimate of drug-likeness (QED) is 0.665. The number of piperidine rings is 1. The molecule has 1 aromatic heterocycles. The zero-order valence-electron chi connectivity index (χ0n) is 16.5. The van der Waals surface area contributed by atoms with Crippen LogP contribution in [0.25, 0.3) is 11.1 Å². The molecule has 2 atom stereocenters. The molecule has 1 amide bonds. The molecule has 2 aliphatic rings. The third-order valence-electron chi connectivity index (χ3n) is 6.20. The highest BCUT2D eigenvalue weighted by atomic mass is 16.2. The van der Waals surface area contributed by atoms with Gasteiger partial charge in [-0.25, -0.2) is 0 Å². The fourth-order valence-electron chi connectivity index (χ4n) is 4.94. The van der Waals surface area contributed by atoms with Crippen LogP contribution < -0.4 is 5.56 Å². The van der Waals surface area contributed by atoms with Crippen LogP contribution in [0.2, 0.25) is 0 Å². The third kappa shape index (κ3) is 3.11. The molecule has 2 aliphatic heterocycles. The minimum atomic E-state index is 0.00252. The van der Waals surface area contributed by atoms with E-state index in [1.54, 1.807) is 12.1 Å². The van der Waals surface area contributed by atoms with Crippen molar-refractivity contribution in [2.45, 2.75) is 18.9 Å². The number of amides is 1. The molecule has 3 aromatic rings. The maximum atomic E-state index is 13.1. The number of fused-ring (bicyclic) bond motifs is 4. The number of hydrogen-bond donors (Lipinski definition) is 0. The Morgan fingerprint density at radius 1 is 0.967 bits per heavy atom. The average Bonchev–Trinajstić information content (AvgIpc) is 2.79. The number of hydrogen-bond acceptors (Lipinski definition) is 3. The number of nitrogens with zero attached hydrogens (tertiary/aromatic N) is 3. The number of carbonyl (C=O) groups excluding carboxylic acids is 1. The fourth-order valence-corrected chi connectivity index (χ4v) is 4.94. The van der Waals surface area contributed by atoms with Crippen molar-refractivity contribution < 1.29 is 4.79 Å². The summed E-state index contributed by atoms with van der Waals surface area (Å²) in [5.74, 6) is 0.409. The molecule has 5 heteroatoms. The third-order valence-corrected chi connectivity index (χ3v) is 6.20. The molecule has 3 heterocycles. The van der Waals surface area contributed by atoms with Crippen LogP contribution in [-0.4, -0.2) is 28.5 Å². The van der Waals surface area contributed by atoms with Gasteiger partial charge in [-0.05, 0) is 48.2 Å². The number of aromatic nitrogens is 1. The first-order valence-corrected chi connectivity index (χ1v) is 10.2. The number of likely N-dealkylation sites (tertiary alicyclic amines) is 1. The summed E-state index contributed by atoms with van der Waals surface area (Å²) in [4.78, 5) is 27.7. The minimum absolute atomic E-state index is 0.00252. The van der Waals surface area contributed by atoms with Crippen LogP contribution in [0.5, 0.6) is 0 Å². The molecule has 0 aliphatic carbocycles. The highest BCUT2D eigenvalue weighted by Crippen LogP contribution is 2.40. The molecule has 30 heavy (non-hydrogen) atoms. The molecule has 1 fully saturated rings. The summed E-state index contributed by atoms with van der Waals surface area (Å²) >= 11 is 0. The van der Waals surface area contributed by atoms with Gasteiger partial charge in [0.15, 0.2) is 0 Å². The summed E-state index contributed by atoms with van der Waals surface area (Å²) in [5.41, 5.74) is 4.19. The van der Waals surface area contributed by atoms with Crippen LogP contribution in [0.4, 0.5) is 0 Å². The van der Waals surface area contributed by atoms with Gasteiger partial charge < -0.3 is 9.47 Å². The Labute approximate surface area is 174 Å². The van der Waals surface area contributed by atoms with Crippen LogP contribution >= 0.6 is 0 Å². The van der Waals surface area contributed by atoms with Gasteiger partial charge in [0, 0.05) is 48.4 Å². The Balaban J connectivity index is 1.56. The normalized spacial score (nSPS) is 19.6. The molecule has 0 saturated carbocycles. The second-order valence-electron chi connectivity index (χ2n) is 8.15. The molecular weight excluding hydrogens is 374 g/mol. The van der Waals surface area contributed by atoms with E-state index in [-0.39, 0.29) is 23.3 Å². The first kappa shape index (κ1) is 18.4. The Bertz CT molecular complexity index is 1220. The van der Waals surface area contributed by atoms with Crippen molar-refractivity contribution in [2.75, 3.05) is 13.1 Å². The lowest BCUT2D eigenvalue weighted by molar-refractivity contribution is 0.0595. The summed E-state index contributed by atoms with van der Waals surface area (Å²) in [6.07, 6.45) is 0.965. The number of carbonyl (C=O) groups is 1. The molecule has 2 bridgehead atoms. The smallest absolute Gasteiger partial charge is 0.253 e. The monoisotopic (exact) mass is 395 g/mol. The van der Waals surface area contributed by atoms with Crippen molar-refractivity contribution in [3.63, 3.8) is 0 Å². The Kier molecular flexibility index (Phi) is 4.48. The summed E-state index contributed by atoms with van der Waals surface area (Å²) in [5, 5.41) is 9.29. The van der Waals surface area contributed by atoms with E-state index >= 15 is 0 Å². The summed E-state index contributed by atoms with van der Waals surface area (Å²) in [7, 11) is 0. The van der Waals surface area contributed by atoms with Crippen molar-refractivity contribution >= 4 is 5.91 Å². The Hall–Kier alpha value is -3.65. The molecule has 5 nitrogen and oxygen atoms in total. The SMILES string of the molecule is N#Cc1cccc(-c2ccc(=O)n3c2[C@@H]2C[C@@H](CN(C(=O)c4ccccc4)C2)C3)c1. The maximum Gasteiger partial charge on any atom is 0.253 e. The Morgan fingerprint density at radius 3 is 2.60 bits per heavy atom. The van der Waals surface area contributed by atoms with Crippen molar-refractivity contribution in [2.24, 2.45) is 5.92 Å². The predicted octanol–water partition coefficient (Wildman–Crippen LogP) is 3.65. The largest absolute Gasteiger partial charge is 0.338 e. The van der Waals surface area contributed by atoms with Crippen LogP contribution in [0, 0.1) is 17.2 Å². The van der Waals surface area contributed by atoms with E-state index in [2.05, 4.69) is 6.07 Å². The first-order chi connectivity index (χ1) is 14.6. The van der Waals surface area contributed by atoms with Crippen molar-refractivity contribution in [3.05, 3.63) is 93.9 Å². The van der Waals surface area contributed by atoms with Crippen molar-refractivity contribution in [1.82, 2.24) is 9.47 Å². The number of pyridine rings is 1. The molecule has 0 unspecified atom stereocenters. The summed E-state index contributed by atoms with van der Waals surface area (Å²) in [6.45, 7) is 1.89. The highest BCUT2D eigenvalue weighted by Gasteiger charge is 2.38. The second kappa shape index (κ2) is 7.31. The van der Waals surface area contributed by atoms with Gasteiger partial charge in [0.25, 0.3) is 11.5 Å². The lowest BCUT2D eigenvalue weighted by atomic mass is 9.80. The van der Waals surface area contributed by atoms with Gasteiger partial charge in [0.1, 0.15) is 0 Å². The zero-order chi connectivity index (χ0) is 20.7. The highest BCUT2D eigenvalue weighted by molar-refractivity contribution is 5.94. The first-order valence-electron chi connectivity index (χ1n) is 10.2. The Morgan fingerprint density at radius 2 is 1.80 bits per heavy atom. The van der Waals surface area contributed by atoms with E-state index in [1.165, 1.54) is 0 Å². The van der Waals surface area contributed by atoms with E-state index in [0.29, 0.717) is 30.8 Å². The predicted molar refractivity (Wildman–Crippen MR) is 114 cm³/mol. The molecule has 148 valence electrons. The van der Waals surface area contributed by atoms with Gasteiger partial charge >= 0.3 is 0 Å². The molecule has 1 saturated heterocycles. The van der Waals surface area contributed by atoms with Crippen LogP contribution in [0.15, 0.2) is 71.5 Å². The van der Waals surface area contributed by atoms with Crippen LogP contribution in [0.3, 0.4) is 0 Å². The molecule has 0 N–H and O–H groups in total. The molecule has 0 spiro atoms.